The van der Waals surface area contributed by atoms with E-state index in [1.165, 1.54) is 0 Å². The Kier molecular flexibility index (Phi) is 5.00. The molecule has 23 heavy (non-hydrogen) atoms. The van der Waals surface area contributed by atoms with E-state index >= 15 is 0 Å². The molecule has 0 bridgehead atoms. The Hall–Kier alpha value is -1.82. The minimum Gasteiger partial charge on any atom is -0.378 e. The third-order valence-corrected chi connectivity index (χ3v) is 4.08. The Morgan fingerprint density at radius 3 is 2.70 bits per heavy atom. The van der Waals surface area contributed by atoms with Crippen LogP contribution >= 0.6 is 23.2 Å². The molecule has 120 valence electrons. The van der Waals surface area contributed by atoms with E-state index in [1.807, 2.05) is 6.07 Å². The lowest BCUT2D eigenvalue weighted by Gasteiger charge is -2.28. The fourth-order valence-corrected chi connectivity index (χ4v) is 2.79. The molecule has 0 spiro atoms. The van der Waals surface area contributed by atoms with Gasteiger partial charge in [-0.05, 0) is 30.3 Å². The number of carbonyl (C=O) groups excluding carboxylic acids is 1. The monoisotopic (exact) mass is 351 g/mol. The SMILES string of the molecule is O=C(Nc1ccc(Cl)cc1Cl)c1cc(N2CCOCC2)ccn1. The number of anilines is 2. The minimum atomic E-state index is -0.315. The van der Waals surface area contributed by atoms with Crippen molar-refractivity contribution in [1.29, 1.82) is 0 Å². The maximum absolute atomic E-state index is 12.4. The highest BCUT2D eigenvalue weighted by molar-refractivity contribution is 6.36. The van der Waals surface area contributed by atoms with Crippen LogP contribution in [0.1, 0.15) is 10.5 Å². The molecule has 1 amide bonds. The summed E-state index contributed by atoms with van der Waals surface area (Å²) < 4.78 is 5.34. The van der Waals surface area contributed by atoms with Crippen LogP contribution in [0, 0.1) is 0 Å². The second-order valence-electron chi connectivity index (χ2n) is 5.08. The van der Waals surface area contributed by atoms with Crippen LogP contribution in [0.4, 0.5) is 11.4 Å². The molecule has 5 nitrogen and oxygen atoms in total. The largest absolute Gasteiger partial charge is 0.378 e. The Morgan fingerprint density at radius 1 is 1.17 bits per heavy atom. The summed E-state index contributed by atoms with van der Waals surface area (Å²) in [6, 6.07) is 8.56. The summed E-state index contributed by atoms with van der Waals surface area (Å²) in [5.74, 6) is -0.315. The first-order valence-corrected chi connectivity index (χ1v) is 7.94. The Balaban J connectivity index is 1.76. The first kappa shape index (κ1) is 16.1. The van der Waals surface area contributed by atoms with Crippen molar-refractivity contribution in [3.05, 3.63) is 52.3 Å². The fourth-order valence-electron chi connectivity index (χ4n) is 2.34. The topological polar surface area (TPSA) is 54.5 Å². The molecule has 0 atom stereocenters. The van der Waals surface area contributed by atoms with Crippen LogP contribution in [0.2, 0.25) is 10.0 Å². The molecule has 1 N–H and O–H groups in total. The summed E-state index contributed by atoms with van der Waals surface area (Å²) in [6.07, 6.45) is 1.63. The fraction of sp³-hybridized carbons (Fsp3) is 0.250. The number of ether oxygens (including phenoxy) is 1. The zero-order valence-electron chi connectivity index (χ0n) is 12.3. The average molecular weight is 352 g/mol. The molecule has 1 aromatic heterocycles. The van der Waals surface area contributed by atoms with E-state index in [1.54, 1.807) is 30.5 Å². The van der Waals surface area contributed by atoms with E-state index < -0.39 is 0 Å². The van der Waals surface area contributed by atoms with Gasteiger partial charge in [0.1, 0.15) is 5.69 Å². The number of morpholine rings is 1. The average Bonchev–Trinajstić information content (AvgIpc) is 2.58. The molecule has 7 heteroatoms. The first-order valence-electron chi connectivity index (χ1n) is 7.18. The highest BCUT2D eigenvalue weighted by Gasteiger charge is 2.15. The summed E-state index contributed by atoms with van der Waals surface area (Å²) in [5.41, 5.74) is 1.79. The van der Waals surface area contributed by atoms with Crippen molar-refractivity contribution in [2.75, 3.05) is 36.5 Å². The minimum absolute atomic E-state index is 0.315. The van der Waals surface area contributed by atoms with Gasteiger partial charge in [0.05, 0.1) is 23.9 Å². The van der Waals surface area contributed by atoms with Crippen LogP contribution in [0.25, 0.3) is 0 Å². The standard InChI is InChI=1S/C16H15Cl2N3O2/c17-11-1-2-14(13(18)9-11)20-16(22)15-10-12(3-4-19-15)21-5-7-23-8-6-21/h1-4,9-10H,5-8H2,(H,20,22). The number of rotatable bonds is 3. The van der Waals surface area contributed by atoms with E-state index in [-0.39, 0.29) is 5.91 Å². The number of nitrogens with one attached hydrogen (secondary N) is 1. The highest BCUT2D eigenvalue weighted by atomic mass is 35.5. The number of benzene rings is 1. The summed E-state index contributed by atoms with van der Waals surface area (Å²) in [4.78, 5) is 18.7. The van der Waals surface area contributed by atoms with Gasteiger partial charge in [0.2, 0.25) is 0 Å². The van der Waals surface area contributed by atoms with Crippen LogP contribution in [0.15, 0.2) is 36.5 Å². The van der Waals surface area contributed by atoms with Crippen LogP contribution in [0.3, 0.4) is 0 Å². The van der Waals surface area contributed by atoms with Gasteiger partial charge in [-0.2, -0.15) is 0 Å². The Labute approximate surface area is 144 Å². The second kappa shape index (κ2) is 7.17. The molecular weight excluding hydrogens is 337 g/mol. The summed E-state index contributed by atoms with van der Waals surface area (Å²) in [6.45, 7) is 2.97. The van der Waals surface area contributed by atoms with Gasteiger partial charge in [0.25, 0.3) is 5.91 Å². The van der Waals surface area contributed by atoms with Crippen molar-refractivity contribution < 1.29 is 9.53 Å². The molecular formula is C16H15Cl2N3O2. The molecule has 0 aliphatic carbocycles. The van der Waals surface area contributed by atoms with Crippen molar-refractivity contribution in [1.82, 2.24) is 4.98 Å². The van der Waals surface area contributed by atoms with Crippen molar-refractivity contribution in [2.24, 2.45) is 0 Å². The number of aromatic nitrogens is 1. The lowest BCUT2D eigenvalue weighted by molar-refractivity contribution is 0.102. The molecule has 2 heterocycles. The van der Waals surface area contributed by atoms with Gasteiger partial charge in [-0.25, -0.2) is 0 Å². The summed E-state index contributed by atoms with van der Waals surface area (Å²) >= 11 is 11.9. The highest BCUT2D eigenvalue weighted by Crippen LogP contribution is 2.26. The van der Waals surface area contributed by atoms with Crippen molar-refractivity contribution in [3.8, 4) is 0 Å². The lowest BCUT2D eigenvalue weighted by atomic mass is 10.2. The Morgan fingerprint density at radius 2 is 1.96 bits per heavy atom. The molecule has 1 aliphatic rings. The number of nitrogens with zero attached hydrogens (tertiary/aromatic N) is 2. The molecule has 0 saturated carbocycles. The number of carbonyl (C=O) groups is 1. The first-order chi connectivity index (χ1) is 11.1. The molecule has 1 saturated heterocycles. The summed E-state index contributed by atoms with van der Waals surface area (Å²) in [7, 11) is 0. The van der Waals surface area contributed by atoms with E-state index in [0.717, 1.165) is 18.8 Å². The van der Waals surface area contributed by atoms with Gasteiger partial charge in [0, 0.05) is 30.0 Å². The predicted molar refractivity (Wildman–Crippen MR) is 91.7 cm³/mol. The number of halogens is 2. The molecule has 1 fully saturated rings. The van der Waals surface area contributed by atoms with Crippen molar-refractivity contribution >= 4 is 40.5 Å². The van der Waals surface area contributed by atoms with E-state index in [0.29, 0.717) is 34.6 Å². The van der Waals surface area contributed by atoms with Gasteiger partial charge < -0.3 is 15.0 Å². The maximum Gasteiger partial charge on any atom is 0.274 e. The molecule has 0 unspecified atom stereocenters. The zero-order chi connectivity index (χ0) is 16.2. The van der Waals surface area contributed by atoms with Crippen molar-refractivity contribution in [3.63, 3.8) is 0 Å². The van der Waals surface area contributed by atoms with Gasteiger partial charge in [-0.1, -0.05) is 23.2 Å². The molecule has 2 aromatic rings. The van der Waals surface area contributed by atoms with Gasteiger partial charge in [-0.3, -0.25) is 9.78 Å². The maximum atomic E-state index is 12.4. The number of amides is 1. The van der Waals surface area contributed by atoms with Crippen LogP contribution < -0.4 is 10.2 Å². The van der Waals surface area contributed by atoms with Crippen LogP contribution in [0.5, 0.6) is 0 Å². The number of hydrogen-bond donors (Lipinski definition) is 1. The lowest BCUT2D eigenvalue weighted by Crippen LogP contribution is -2.36. The normalized spacial score (nSPS) is 14.6. The molecule has 1 aromatic carbocycles. The van der Waals surface area contributed by atoms with E-state index in [2.05, 4.69) is 15.2 Å². The van der Waals surface area contributed by atoms with Gasteiger partial charge in [-0.15, -0.1) is 0 Å². The Bertz CT molecular complexity index is 718. The third-order valence-electron chi connectivity index (χ3n) is 3.53. The molecule has 0 radical (unpaired) electrons. The van der Waals surface area contributed by atoms with Gasteiger partial charge >= 0.3 is 0 Å². The molecule has 3 rings (SSSR count). The van der Waals surface area contributed by atoms with Gasteiger partial charge in [0.15, 0.2) is 0 Å². The van der Waals surface area contributed by atoms with E-state index in [4.69, 9.17) is 27.9 Å². The third kappa shape index (κ3) is 3.93. The van der Waals surface area contributed by atoms with Crippen molar-refractivity contribution in [2.45, 2.75) is 0 Å². The number of pyridine rings is 1. The second-order valence-corrected chi connectivity index (χ2v) is 5.92. The van der Waals surface area contributed by atoms with E-state index in [9.17, 15) is 4.79 Å². The number of hydrogen-bond acceptors (Lipinski definition) is 4. The smallest absolute Gasteiger partial charge is 0.274 e. The zero-order valence-corrected chi connectivity index (χ0v) is 13.8. The predicted octanol–water partition coefficient (Wildman–Crippen LogP) is 3.48. The summed E-state index contributed by atoms with van der Waals surface area (Å²) in [5, 5.41) is 3.65. The quantitative estimate of drug-likeness (QED) is 0.919. The van der Waals surface area contributed by atoms with Crippen LogP contribution in [-0.2, 0) is 4.74 Å². The molecule has 1 aliphatic heterocycles. The van der Waals surface area contributed by atoms with Crippen LogP contribution in [-0.4, -0.2) is 37.2 Å².